The number of hydrogen-bond donors (Lipinski definition) is 2. The van der Waals surface area contributed by atoms with Crippen molar-refractivity contribution in [3.05, 3.63) is 22.5 Å². The topological polar surface area (TPSA) is 91.5 Å². The Balaban J connectivity index is 1.53. The Morgan fingerprint density at radius 3 is 2.47 bits per heavy atom. The molecule has 7 nitrogen and oxygen atoms in total. The van der Waals surface area contributed by atoms with E-state index < -0.39 is 0 Å². The minimum absolute atomic E-state index is 0.0784. The van der Waals surface area contributed by atoms with Gasteiger partial charge in [0.2, 0.25) is 11.8 Å². The highest BCUT2D eigenvalue weighted by Crippen LogP contribution is 2.23. The van der Waals surface area contributed by atoms with E-state index in [2.05, 4.69) is 10.3 Å². The van der Waals surface area contributed by atoms with Gasteiger partial charge in [-0.2, -0.15) is 0 Å². The van der Waals surface area contributed by atoms with Crippen molar-refractivity contribution in [1.82, 2.24) is 15.2 Å². The van der Waals surface area contributed by atoms with Crippen molar-refractivity contribution in [2.45, 2.75) is 91.0 Å². The summed E-state index contributed by atoms with van der Waals surface area (Å²) >= 11 is 0. The molecule has 0 spiro atoms. The van der Waals surface area contributed by atoms with Crippen LogP contribution in [0.1, 0.15) is 92.0 Å². The van der Waals surface area contributed by atoms with Crippen LogP contribution in [0.3, 0.4) is 0 Å². The molecule has 1 saturated heterocycles. The summed E-state index contributed by atoms with van der Waals surface area (Å²) in [6.45, 7) is 7.15. The van der Waals surface area contributed by atoms with Gasteiger partial charge in [-0.3, -0.25) is 9.59 Å². The second kappa shape index (κ2) is 11.5. The summed E-state index contributed by atoms with van der Waals surface area (Å²) in [7, 11) is 0. The van der Waals surface area contributed by atoms with Crippen LogP contribution in [0, 0.1) is 19.8 Å². The molecule has 32 heavy (non-hydrogen) atoms. The van der Waals surface area contributed by atoms with E-state index in [4.69, 9.17) is 4.74 Å². The highest BCUT2D eigenvalue weighted by atomic mass is 16.5. The molecular formula is C25H39N3O4. The van der Waals surface area contributed by atoms with Crippen molar-refractivity contribution in [3.63, 3.8) is 0 Å². The number of carbonyl (C=O) groups is 3. The number of hydrogen-bond acceptors (Lipinski definition) is 4. The Labute approximate surface area is 191 Å². The van der Waals surface area contributed by atoms with Crippen molar-refractivity contribution in [3.8, 4) is 0 Å². The maximum atomic E-state index is 12.9. The van der Waals surface area contributed by atoms with Gasteiger partial charge >= 0.3 is 5.97 Å². The molecule has 2 fully saturated rings. The maximum absolute atomic E-state index is 12.9. The zero-order chi connectivity index (χ0) is 23.1. The summed E-state index contributed by atoms with van der Waals surface area (Å²) in [6, 6.07) is 0.296. The largest absolute Gasteiger partial charge is 0.461 e. The minimum atomic E-state index is -0.357. The van der Waals surface area contributed by atoms with Crippen LogP contribution < -0.4 is 5.32 Å². The molecule has 2 aliphatic rings. The molecule has 178 valence electrons. The third kappa shape index (κ3) is 6.14. The summed E-state index contributed by atoms with van der Waals surface area (Å²) in [5.41, 5.74) is 3.23. The van der Waals surface area contributed by atoms with Crippen LogP contribution >= 0.6 is 0 Å². The first-order valence-electron chi connectivity index (χ1n) is 12.3. The third-order valence-corrected chi connectivity index (χ3v) is 7.01. The first kappa shape index (κ1) is 24.3. The SMILES string of the molecule is CCOC(=O)c1[nH]c(C)c(CCC(=O)N2CCC[C@H](C(=O)NC3CCCCCC3)C2)c1C. The Morgan fingerprint density at radius 2 is 1.78 bits per heavy atom. The Hall–Kier alpha value is -2.31. The summed E-state index contributed by atoms with van der Waals surface area (Å²) in [5, 5.41) is 3.26. The molecule has 0 unspecified atom stereocenters. The zero-order valence-electron chi connectivity index (χ0n) is 19.9. The van der Waals surface area contributed by atoms with E-state index in [0.717, 1.165) is 42.5 Å². The Kier molecular flexibility index (Phi) is 8.76. The van der Waals surface area contributed by atoms with Crippen LogP contribution in [-0.4, -0.2) is 53.4 Å². The lowest BCUT2D eigenvalue weighted by molar-refractivity contribution is -0.135. The van der Waals surface area contributed by atoms with Crippen molar-refractivity contribution in [2.75, 3.05) is 19.7 Å². The molecule has 1 aromatic heterocycles. The number of aromatic nitrogens is 1. The van der Waals surface area contributed by atoms with Crippen LogP contribution in [0.4, 0.5) is 0 Å². The first-order valence-corrected chi connectivity index (χ1v) is 12.3. The van der Waals surface area contributed by atoms with Crippen molar-refractivity contribution < 1.29 is 19.1 Å². The number of H-pyrrole nitrogens is 1. The smallest absolute Gasteiger partial charge is 0.355 e. The van der Waals surface area contributed by atoms with Crippen LogP contribution in [0.5, 0.6) is 0 Å². The molecule has 1 aliphatic carbocycles. The lowest BCUT2D eigenvalue weighted by Gasteiger charge is -2.33. The highest BCUT2D eigenvalue weighted by Gasteiger charge is 2.30. The second-order valence-electron chi connectivity index (χ2n) is 9.33. The van der Waals surface area contributed by atoms with Gasteiger partial charge in [0.15, 0.2) is 0 Å². The van der Waals surface area contributed by atoms with Gasteiger partial charge in [-0.25, -0.2) is 4.79 Å². The van der Waals surface area contributed by atoms with Gasteiger partial charge in [0, 0.05) is 31.2 Å². The number of carbonyl (C=O) groups excluding carboxylic acids is 3. The third-order valence-electron chi connectivity index (χ3n) is 7.01. The molecule has 2 N–H and O–H groups in total. The van der Waals surface area contributed by atoms with E-state index in [0.29, 0.717) is 44.3 Å². The average Bonchev–Trinajstić information content (AvgIpc) is 2.94. The maximum Gasteiger partial charge on any atom is 0.355 e. The summed E-state index contributed by atoms with van der Waals surface area (Å²) in [6.07, 6.45) is 9.71. The van der Waals surface area contributed by atoms with Crippen molar-refractivity contribution >= 4 is 17.8 Å². The Morgan fingerprint density at radius 1 is 1.06 bits per heavy atom. The normalized spacial score (nSPS) is 20.0. The Bertz CT molecular complexity index is 808. The standard InChI is InChI=1S/C25H39N3O4/c1-4-32-25(31)23-17(2)21(18(3)26-23)13-14-22(29)28-15-9-10-19(16-28)24(30)27-20-11-7-5-6-8-12-20/h19-20,26H,4-16H2,1-3H3,(H,27,30)/t19-/m0/s1. The van der Waals surface area contributed by atoms with E-state index in [1.165, 1.54) is 25.7 Å². The number of esters is 1. The van der Waals surface area contributed by atoms with Crippen molar-refractivity contribution in [2.24, 2.45) is 5.92 Å². The van der Waals surface area contributed by atoms with Gasteiger partial charge in [-0.1, -0.05) is 25.7 Å². The molecule has 1 saturated carbocycles. The number of rotatable bonds is 7. The summed E-state index contributed by atoms with van der Waals surface area (Å²) in [4.78, 5) is 42.8. The fourth-order valence-electron chi connectivity index (χ4n) is 5.12. The van der Waals surface area contributed by atoms with Gasteiger partial charge in [0.1, 0.15) is 5.69 Å². The van der Waals surface area contributed by atoms with Gasteiger partial charge in [0.25, 0.3) is 0 Å². The molecule has 0 aromatic carbocycles. The van der Waals surface area contributed by atoms with Crippen LogP contribution in [0.15, 0.2) is 0 Å². The molecule has 0 bridgehead atoms. The van der Waals surface area contributed by atoms with E-state index in [-0.39, 0.29) is 23.7 Å². The molecule has 7 heteroatoms. The summed E-state index contributed by atoms with van der Waals surface area (Å²) < 4.78 is 5.11. The minimum Gasteiger partial charge on any atom is -0.461 e. The average molecular weight is 446 g/mol. The van der Waals surface area contributed by atoms with E-state index in [1.54, 1.807) is 6.92 Å². The van der Waals surface area contributed by atoms with Crippen molar-refractivity contribution in [1.29, 1.82) is 0 Å². The highest BCUT2D eigenvalue weighted by molar-refractivity contribution is 5.90. The number of nitrogens with one attached hydrogen (secondary N) is 2. The predicted molar refractivity (Wildman–Crippen MR) is 123 cm³/mol. The van der Waals surface area contributed by atoms with E-state index >= 15 is 0 Å². The number of nitrogens with zero attached hydrogens (tertiary/aromatic N) is 1. The van der Waals surface area contributed by atoms with Gasteiger partial charge in [-0.05, 0) is 64.0 Å². The molecule has 3 rings (SSSR count). The zero-order valence-corrected chi connectivity index (χ0v) is 19.9. The van der Waals surface area contributed by atoms with Gasteiger partial charge < -0.3 is 19.9 Å². The monoisotopic (exact) mass is 445 g/mol. The van der Waals surface area contributed by atoms with Gasteiger partial charge in [0.05, 0.1) is 12.5 Å². The quantitative estimate of drug-likeness (QED) is 0.493. The molecular weight excluding hydrogens is 406 g/mol. The molecule has 1 aliphatic heterocycles. The molecule has 1 aromatic rings. The van der Waals surface area contributed by atoms with Gasteiger partial charge in [-0.15, -0.1) is 0 Å². The molecule has 2 heterocycles. The summed E-state index contributed by atoms with van der Waals surface area (Å²) in [5.74, 6) is -0.271. The van der Waals surface area contributed by atoms with Crippen LogP contribution in [0.2, 0.25) is 0 Å². The second-order valence-corrected chi connectivity index (χ2v) is 9.33. The fourth-order valence-corrected chi connectivity index (χ4v) is 5.12. The van der Waals surface area contributed by atoms with E-state index in [9.17, 15) is 14.4 Å². The molecule has 1 atom stereocenters. The lowest BCUT2D eigenvalue weighted by Crippen LogP contribution is -2.47. The first-order chi connectivity index (χ1) is 15.4. The number of likely N-dealkylation sites (tertiary alicyclic amines) is 1. The number of piperidine rings is 1. The van der Waals surface area contributed by atoms with Crippen LogP contribution in [-0.2, 0) is 20.7 Å². The predicted octanol–water partition coefficient (Wildman–Crippen LogP) is 3.82. The number of amides is 2. The van der Waals surface area contributed by atoms with Crippen LogP contribution in [0.25, 0.3) is 0 Å². The number of ether oxygens (including phenoxy) is 1. The van der Waals surface area contributed by atoms with E-state index in [1.807, 2.05) is 18.7 Å². The lowest BCUT2D eigenvalue weighted by atomic mass is 9.95. The molecule has 0 radical (unpaired) electrons. The fraction of sp³-hybridized carbons (Fsp3) is 0.720. The molecule has 2 amide bonds. The number of aromatic amines is 1. The number of aryl methyl sites for hydroxylation is 1.